The highest BCUT2D eigenvalue weighted by Gasteiger charge is 2.26. The van der Waals surface area contributed by atoms with E-state index < -0.39 is 22.0 Å². The summed E-state index contributed by atoms with van der Waals surface area (Å²) in [5, 5.41) is 9.10. The summed E-state index contributed by atoms with van der Waals surface area (Å²) < 4.78 is 27.4. The fourth-order valence-corrected chi connectivity index (χ4v) is 3.24. The number of benzene rings is 1. The SMILES string of the molecule is Cc1cc(S(=O)(=O)N[C@H](CC(C)C)C(=O)O)ccc1Br. The lowest BCUT2D eigenvalue weighted by Gasteiger charge is -2.17. The summed E-state index contributed by atoms with van der Waals surface area (Å²) in [4.78, 5) is 11.2. The van der Waals surface area contributed by atoms with E-state index in [0.29, 0.717) is 0 Å². The molecule has 0 radical (unpaired) electrons. The predicted octanol–water partition coefficient (Wildman–Crippen LogP) is 2.54. The zero-order valence-electron chi connectivity index (χ0n) is 11.6. The van der Waals surface area contributed by atoms with Gasteiger partial charge in [0.05, 0.1) is 4.90 Å². The van der Waals surface area contributed by atoms with E-state index in [4.69, 9.17) is 5.11 Å². The van der Waals surface area contributed by atoms with Crippen LogP contribution in [0.3, 0.4) is 0 Å². The van der Waals surface area contributed by atoms with Gasteiger partial charge in [-0.15, -0.1) is 0 Å². The van der Waals surface area contributed by atoms with E-state index in [2.05, 4.69) is 20.7 Å². The maximum absolute atomic E-state index is 12.2. The van der Waals surface area contributed by atoms with Crippen LogP contribution in [0, 0.1) is 12.8 Å². The number of rotatable bonds is 6. The maximum atomic E-state index is 12.2. The van der Waals surface area contributed by atoms with E-state index in [1.165, 1.54) is 12.1 Å². The van der Waals surface area contributed by atoms with Gasteiger partial charge >= 0.3 is 5.97 Å². The third-order valence-corrected chi connectivity index (χ3v) is 5.10. The van der Waals surface area contributed by atoms with Crippen molar-refractivity contribution in [2.45, 2.75) is 38.1 Å². The first kappa shape index (κ1) is 17.1. The van der Waals surface area contributed by atoms with Gasteiger partial charge in [-0.25, -0.2) is 8.42 Å². The lowest BCUT2D eigenvalue weighted by molar-refractivity contribution is -0.139. The molecule has 112 valence electrons. The summed E-state index contributed by atoms with van der Waals surface area (Å²) in [7, 11) is -3.84. The van der Waals surface area contributed by atoms with Gasteiger partial charge in [-0.1, -0.05) is 29.8 Å². The van der Waals surface area contributed by atoms with Crippen LogP contribution in [-0.4, -0.2) is 25.5 Å². The molecule has 0 fully saturated rings. The number of carbonyl (C=O) groups is 1. The number of hydrogen-bond acceptors (Lipinski definition) is 3. The van der Waals surface area contributed by atoms with Crippen LogP contribution < -0.4 is 4.72 Å². The lowest BCUT2D eigenvalue weighted by atomic mass is 10.1. The van der Waals surface area contributed by atoms with E-state index in [0.717, 1.165) is 10.0 Å². The largest absolute Gasteiger partial charge is 0.480 e. The first-order valence-electron chi connectivity index (χ1n) is 6.14. The minimum absolute atomic E-state index is 0.0632. The smallest absolute Gasteiger partial charge is 0.321 e. The number of sulfonamides is 1. The Balaban J connectivity index is 3.03. The average Bonchev–Trinajstić information content (AvgIpc) is 2.30. The average molecular weight is 364 g/mol. The van der Waals surface area contributed by atoms with Gasteiger partial charge in [0.1, 0.15) is 6.04 Å². The first-order valence-corrected chi connectivity index (χ1v) is 8.42. The van der Waals surface area contributed by atoms with Crippen LogP contribution in [0.1, 0.15) is 25.8 Å². The second kappa shape index (κ2) is 6.69. The maximum Gasteiger partial charge on any atom is 0.321 e. The topological polar surface area (TPSA) is 83.5 Å². The molecule has 2 N–H and O–H groups in total. The van der Waals surface area contributed by atoms with Gasteiger partial charge in [-0.05, 0) is 43.0 Å². The number of aryl methyl sites for hydroxylation is 1. The molecule has 0 amide bonds. The van der Waals surface area contributed by atoms with Crippen molar-refractivity contribution in [1.29, 1.82) is 0 Å². The standard InChI is InChI=1S/C13H18BrNO4S/c1-8(2)6-12(13(16)17)15-20(18,19)10-4-5-11(14)9(3)7-10/h4-5,7-8,12,15H,6H2,1-3H3,(H,16,17)/t12-/m1/s1. The Morgan fingerprint density at radius 3 is 2.45 bits per heavy atom. The van der Waals surface area contributed by atoms with Crippen molar-refractivity contribution in [2.24, 2.45) is 5.92 Å². The Bertz CT molecular complexity index is 598. The minimum Gasteiger partial charge on any atom is -0.480 e. The van der Waals surface area contributed by atoms with Crippen molar-refractivity contribution in [2.75, 3.05) is 0 Å². The van der Waals surface area contributed by atoms with Crippen molar-refractivity contribution in [3.8, 4) is 0 Å². The number of nitrogens with one attached hydrogen (secondary N) is 1. The number of hydrogen-bond donors (Lipinski definition) is 2. The van der Waals surface area contributed by atoms with Crippen LogP contribution in [0.15, 0.2) is 27.6 Å². The molecular formula is C13H18BrNO4S. The van der Waals surface area contributed by atoms with Gasteiger partial charge in [0, 0.05) is 4.47 Å². The molecule has 0 bridgehead atoms. The molecule has 0 unspecified atom stereocenters. The summed E-state index contributed by atoms with van der Waals surface area (Å²) in [6, 6.07) is 3.44. The Morgan fingerprint density at radius 1 is 1.40 bits per heavy atom. The third kappa shape index (κ3) is 4.57. The fourth-order valence-electron chi connectivity index (χ4n) is 1.71. The van der Waals surface area contributed by atoms with Crippen LogP contribution in [0.4, 0.5) is 0 Å². The predicted molar refractivity (Wildman–Crippen MR) is 80.1 cm³/mol. The third-order valence-electron chi connectivity index (χ3n) is 2.74. The Kier molecular flexibility index (Phi) is 5.73. The van der Waals surface area contributed by atoms with Crippen LogP contribution in [0.2, 0.25) is 0 Å². The molecule has 0 spiro atoms. The molecule has 0 heterocycles. The first-order chi connectivity index (χ1) is 9.13. The van der Waals surface area contributed by atoms with Gasteiger partial charge < -0.3 is 5.11 Å². The van der Waals surface area contributed by atoms with Crippen molar-refractivity contribution in [1.82, 2.24) is 4.72 Å². The number of halogens is 1. The van der Waals surface area contributed by atoms with E-state index in [1.807, 2.05) is 13.8 Å². The van der Waals surface area contributed by atoms with Crippen molar-refractivity contribution in [3.63, 3.8) is 0 Å². The minimum atomic E-state index is -3.84. The Morgan fingerprint density at radius 2 is 2.00 bits per heavy atom. The number of aliphatic carboxylic acids is 1. The number of carboxylic acid groups (broad SMARTS) is 1. The molecule has 1 atom stereocenters. The molecule has 1 rings (SSSR count). The molecule has 1 aromatic carbocycles. The summed E-state index contributed by atoms with van der Waals surface area (Å²) in [5.74, 6) is -1.10. The monoisotopic (exact) mass is 363 g/mol. The fraction of sp³-hybridized carbons (Fsp3) is 0.462. The van der Waals surface area contributed by atoms with Gasteiger partial charge in [0.2, 0.25) is 10.0 Å². The molecule has 0 saturated carbocycles. The normalized spacial score (nSPS) is 13.4. The van der Waals surface area contributed by atoms with Crippen molar-refractivity contribution in [3.05, 3.63) is 28.2 Å². The van der Waals surface area contributed by atoms with E-state index in [1.54, 1.807) is 13.0 Å². The summed E-state index contributed by atoms with van der Waals surface area (Å²) >= 11 is 3.29. The zero-order chi connectivity index (χ0) is 15.5. The van der Waals surface area contributed by atoms with Gasteiger partial charge in [-0.3, -0.25) is 4.79 Å². The van der Waals surface area contributed by atoms with Crippen molar-refractivity contribution >= 4 is 31.9 Å². The molecular weight excluding hydrogens is 346 g/mol. The second-order valence-electron chi connectivity index (χ2n) is 5.05. The molecule has 5 nitrogen and oxygen atoms in total. The van der Waals surface area contributed by atoms with Crippen LogP contribution in [0.5, 0.6) is 0 Å². The second-order valence-corrected chi connectivity index (χ2v) is 7.62. The highest BCUT2D eigenvalue weighted by Crippen LogP contribution is 2.20. The quantitative estimate of drug-likeness (QED) is 0.813. The lowest BCUT2D eigenvalue weighted by Crippen LogP contribution is -2.41. The summed E-state index contributed by atoms with van der Waals surface area (Å²) in [6.07, 6.45) is 0.240. The number of carboxylic acids is 1. The molecule has 0 aliphatic rings. The molecule has 7 heteroatoms. The highest BCUT2D eigenvalue weighted by atomic mass is 79.9. The van der Waals surface area contributed by atoms with Crippen molar-refractivity contribution < 1.29 is 18.3 Å². The molecule has 0 aromatic heterocycles. The van der Waals surface area contributed by atoms with E-state index in [9.17, 15) is 13.2 Å². The molecule has 1 aromatic rings. The highest BCUT2D eigenvalue weighted by molar-refractivity contribution is 9.10. The molecule has 0 aliphatic heterocycles. The van der Waals surface area contributed by atoms with E-state index >= 15 is 0 Å². The van der Waals surface area contributed by atoms with Gasteiger partial charge in [0.25, 0.3) is 0 Å². The Hall–Kier alpha value is -0.920. The molecule has 0 saturated heterocycles. The van der Waals surface area contributed by atoms with E-state index in [-0.39, 0.29) is 17.2 Å². The van der Waals surface area contributed by atoms with Crippen LogP contribution in [-0.2, 0) is 14.8 Å². The summed E-state index contributed by atoms with van der Waals surface area (Å²) in [5.41, 5.74) is 0.767. The molecule has 20 heavy (non-hydrogen) atoms. The summed E-state index contributed by atoms with van der Waals surface area (Å²) in [6.45, 7) is 5.45. The van der Waals surface area contributed by atoms with Crippen LogP contribution >= 0.6 is 15.9 Å². The van der Waals surface area contributed by atoms with Gasteiger partial charge in [-0.2, -0.15) is 4.72 Å². The van der Waals surface area contributed by atoms with Gasteiger partial charge in [0.15, 0.2) is 0 Å². The molecule has 0 aliphatic carbocycles. The zero-order valence-corrected chi connectivity index (χ0v) is 14.0. The Labute approximate surface area is 127 Å². The van der Waals surface area contributed by atoms with Crippen LogP contribution in [0.25, 0.3) is 0 Å².